The summed E-state index contributed by atoms with van der Waals surface area (Å²) < 4.78 is 6.08. The van der Waals surface area contributed by atoms with E-state index in [0.717, 1.165) is 35.4 Å². The normalized spacial score (nSPS) is 21.1. The maximum Gasteiger partial charge on any atom is 0.256 e. The lowest BCUT2D eigenvalue weighted by molar-refractivity contribution is 0.0934. The number of phenolic OH excluding ortho intramolecular Hbond substituents is 1. The standard InChI is InChI=1S/C22H27BrN2O3S/c1-5-28-15-9-11(8-14(23)18(15)26)19-24-20(27)17-13-7-6-12(22(2,3)4)10-16(13)29-21(17)25-19/h8-9,12,19,25-26H,5-7,10H2,1-4H3,(H,24,27). The second-order valence-corrected chi connectivity index (χ2v) is 10.8. The zero-order valence-electron chi connectivity index (χ0n) is 17.2. The molecule has 0 saturated heterocycles. The molecule has 2 aliphatic rings. The fraction of sp³-hybridized carbons (Fsp3) is 0.500. The fourth-order valence-corrected chi connectivity index (χ4v) is 6.04. The predicted molar refractivity (Wildman–Crippen MR) is 120 cm³/mol. The Labute approximate surface area is 184 Å². The molecule has 2 aromatic rings. The van der Waals surface area contributed by atoms with Crippen LogP contribution in [0.1, 0.15) is 66.6 Å². The van der Waals surface area contributed by atoms with Crippen LogP contribution < -0.4 is 15.4 Å². The molecule has 2 atom stereocenters. The maximum absolute atomic E-state index is 13.0. The van der Waals surface area contributed by atoms with Crippen molar-refractivity contribution in [2.45, 2.75) is 53.1 Å². The number of thiophene rings is 1. The summed E-state index contributed by atoms with van der Waals surface area (Å²) in [6.45, 7) is 9.22. The Bertz CT molecular complexity index is 964. The number of hydrogen-bond acceptors (Lipinski definition) is 5. The Morgan fingerprint density at radius 2 is 2.07 bits per heavy atom. The molecule has 2 unspecified atom stereocenters. The highest BCUT2D eigenvalue weighted by Gasteiger charge is 2.36. The van der Waals surface area contributed by atoms with Crippen molar-refractivity contribution in [3.05, 3.63) is 38.2 Å². The van der Waals surface area contributed by atoms with Gasteiger partial charge in [-0.2, -0.15) is 0 Å². The van der Waals surface area contributed by atoms with E-state index in [1.165, 1.54) is 10.4 Å². The van der Waals surface area contributed by atoms with Crippen LogP contribution >= 0.6 is 27.3 Å². The van der Waals surface area contributed by atoms with Crippen LogP contribution in [0.5, 0.6) is 11.5 Å². The van der Waals surface area contributed by atoms with Crippen LogP contribution in [0.15, 0.2) is 16.6 Å². The van der Waals surface area contributed by atoms with Gasteiger partial charge in [0, 0.05) is 4.88 Å². The molecule has 3 N–H and O–H groups in total. The highest BCUT2D eigenvalue weighted by atomic mass is 79.9. The first-order valence-electron chi connectivity index (χ1n) is 10.1. The summed E-state index contributed by atoms with van der Waals surface area (Å²) in [5.41, 5.74) is 3.14. The first kappa shape index (κ1) is 20.5. The number of hydrogen-bond donors (Lipinski definition) is 3. The van der Waals surface area contributed by atoms with Crippen LogP contribution in [0, 0.1) is 11.3 Å². The third-order valence-electron chi connectivity index (χ3n) is 5.95. The van der Waals surface area contributed by atoms with E-state index in [1.54, 1.807) is 17.4 Å². The monoisotopic (exact) mass is 478 g/mol. The SMILES string of the molecule is CCOc1cc(C2NC(=O)c3c(sc4c3CCC(C(C)(C)C)C4)N2)cc(Br)c1O. The number of phenols is 1. The average Bonchev–Trinajstić information content (AvgIpc) is 3.02. The Hall–Kier alpha value is -1.73. The number of amides is 1. The zero-order valence-corrected chi connectivity index (χ0v) is 19.6. The molecule has 1 aliphatic heterocycles. The lowest BCUT2D eigenvalue weighted by Gasteiger charge is -2.34. The summed E-state index contributed by atoms with van der Waals surface area (Å²) >= 11 is 5.10. The first-order chi connectivity index (χ1) is 13.7. The van der Waals surface area contributed by atoms with Gasteiger partial charge < -0.3 is 20.5 Å². The maximum atomic E-state index is 13.0. The molecule has 0 saturated carbocycles. The van der Waals surface area contributed by atoms with Crippen LogP contribution in [0.2, 0.25) is 0 Å². The number of fused-ring (bicyclic) bond motifs is 3. The van der Waals surface area contributed by atoms with Gasteiger partial charge in [0.05, 0.1) is 16.6 Å². The summed E-state index contributed by atoms with van der Waals surface area (Å²) in [4.78, 5) is 14.3. The minimum absolute atomic E-state index is 0.0300. The second-order valence-electron chi connectivity index (χ2n) is 8.85. The molecule has 5 nitrogen and oxygen atoms in total. The van der Waals surface area contributed by atoms with Crippen LogP contribution in [0.4, 0.5) is 5.00 Å². The van der Waals surface area contributed by atoms with Crippen LogP contribution in [0.25, 0.3) is 0 Å². The first-order valence-corrected chi connectivity index (χ1v) is 11.7. The average molecular weight is 479 g/mol. The van der Waals surface area contributed by atoms with Gasteiger partial charge in [0.2, 0.25) is 0 Å². The van der Waals surface area contributed by atoms with Gasteiger partial charge in [-0.05, 0) is 76.7 Å². The van der Waals surface area contributed by atoms with E-state index in [9.17, 15) is 9.90 Å². The molecule has 7 heteroatoms. The predicted octanol–water partition coefficient (Wildman–Crippen LogP) is 5.62. The molecule has 1 aromatic heterocycles. The van der Waals surface area contributed by atoms with Crippen molar-refractivity contribution in [3.8, 4) is 11.5 Å². The van der Waals surface area contributed by atoms with Crippen molar-refractivity contribution >= 4 is 38.2 Å². The highest BCUT2D eigenvalue weighted by molar-refractivity contribution is 9.10. The number of nitrogens with one attached hydrogen (secondary N) is 2. The second kappa shape index (κ2) is 7.51. The van der Waals surface area contributed by atoms with Gasteiger partial charge in [-0.15, -0.1) is 11.3 Å². The van der Waals surface area contributed by atoms with Gasteiger partial charge in [-0.3, -0.25) is 4.79 Å². The fourth-order valence-electron chi connectivity index (χ4n) is 4.23. The largest absolute Gasteiger partial charge is 0.503 e. The van der Waals surface area contributed by atoms with Crippen molar-refractivity contribution in [2.24, 2.45) is 11.3 Å². The molecule has 0 bridgehead atoms. The summed E-state index contributed by atoms with van der Waals surface area (Å²) in [5.74, 6) is 1.07. The van der Waals surface area contributed by atoms with Gasteiger partial charge in [-0.1, -0.05) is 20.8 Å². The third-order valence-corrected chi connectivity index (χ3v) is 7.74. The molecule has 2 heterocycles. The van der Waals surface area contributed by atoms with E-state index >= 15 is 0 Å². The summed E-state index contributed by atoms with van der Waals surface area (Å²) in [6.07, 6.45) is 2.75. The zero-order chi connectivity index (χ0) is 20.9. The molecule has 0 spiro atoms. The van der Waals surface area contributed by atoms with Crippen LogP contribution in [-0.2, 0) is 12.8 Å². The van der Waals surface area contributed by atoms with E-state index in [-0.39, 0.29) is 23.2 Å². The van der Waals surface area contributed by atoms with E-state index < -0.39 is 0 Å². The summed E-state index contributed by atoms with van der Waals surface area (Å²) in [7, 11) is 0. The van der Waals surface area contributed by atoms with Crippen LogP contribution in [0.3, 0.4) is 0 Å². The van der Waals surface area contributed by atoms with Crippen LogP contribution in [-0.4, -0.2) is 17.6 Å². The quantitative estimate of drug-likeness (QED) is 0.535. The molecule has 0 radical (unpaired) electrons. The number of carbonyl (C=O) groups is 1. The Morgan fingerprint density at radius 1 is 1.31 bits per heavy atom. The van der Waals surface area contributed by atoms with Crippen molar-refractivity contribution in [1.82, 2.24) is 5.32 Å². The van der Waals surface area contributed by atoms with E-state index in [1.807, 2.05) is 13.0 Å². The Balaban J connectivity index is 1.65. The molecular formula is C22H27BrN2O3S. The topological polar surface area (TPSA) is 70.6 Å². The van der Waals surface area contributed by atoms with Gasteiger partial charge in [0.25, 0.3) is 5.91 Å². The van der Waals surface area contributed by atoms with Crippen molar-refractivity contribution in [1.29, 1.82) is 0 Å². The molecule has 4 rings (SSSR count). The number of ether oxygens (including phenoxy) is 1. The number of carbonyl (C=O) groups excluding carboxylic acids is 1. The number of aromatic hydroxyl groups is 1. The van der Waals surface area contributed by atoms with E-state index in [2.05, 4.69) is 47.3 Å². The number of benzene rings is 1. The van der Waals surface area contributed by atoms with Gasteiger partial charge in [0.15, 0.2) is 11.5 Å². The Kier molecular flexibility index (Phi) is 5.32. The minimum atomic E-state index is -0.371. The molecule has 1 aromatic carbocycles. The molecular weight excluding hydrogens is 452 g/mol. The highest BCUT2D eigenvalue weighted by Crippen LogP contribution is 2.46. The smallest absolute Gasteiger partial charge is 0.256 e. The number of anilines is 1. The molecule has 1 aliphatic carbocycles. The number of halogens is 1. The minimum Gasteiger partial charge on any atom is -0.503 e. The molecule has 1 amide bonds. The van der Waals surface area contributed by atoms with Crippen molar-refractivity contribution in [2.75, 3.05) is 11.9 Å². The lowest BCUT2D eigenvalue weighted by atomic mass is 9.72. The molecule has 29 heavy (non-hydrogen) atoms. The molecule has 156 valence electrons. The Morgan fingerprint density at radius 3 is 2.76 bits per heavy atom. The summed E-state index contributed by atoms with van der Waals surface area (Å²) in [5, 5.41) is 17.7. The van der Waals surface area contributed by atoms with Crippen molar-refractivity contribution < 1.29 is 14.6 Å². The van der Waals surface area contributed by atoms with Gasteiger partial charge in [0.1, 0.15) is 11.2 Å². The summed E-state index contributed by atoms with van der Waals surface area (Å²) in [6, 6.07) is 3.58. The number of rotatable bonds is 3. The lowest BCUT2D eigenvalue weighted by Crippen LogP contribution is -2.38. The third kappa shape index (κ3) is 3.75. The van der Waals surface area contributed by atoms with Gasteiger partial charge in [-0.25, -0.2) is 0 Å². The van der Waals surface area contributed by atoms with E-state index in [0.29, 0.717) is 22.7 Å². The molecule has 0 fully saturated rings. The van der Waals surface area contributed by atoms with E-state index in [4.69, 9.17) is 4.74 Å². The van der Waals surface area contributed by atoms with Gasteiger partial charge >= 0.3 is 0 Å². The van der Waals surface area contributed by atoms with Crippen molar-refractivity contribution in [3.63, 3.8) is 0 Å².